The third kappa shape index (κ3) is 3.67. The van der Waals surface area contributed by atoms with Crippen molar-refractivity contribution in [2.45, 2.75) is 25.9 Å². The van der Waals surface area contributed by atoms with Gasteiger partial charge in [-0.25, -0.2) is 18.0 Å². The van der Waals surface area contributed by atoms with Crippen LogP contribution in [0.15, 0.2) is 40.9 Å². The molecule has 0 radical (unpaired) electrons. The number of nitrogens with zero attached hydrogens (tertiary/aromatic N) is 2. The number of amides is 2. The summed E-state index contributed by atoms with van der Waals surface area (Å²) in [5.74, 6) is -1.91. The van der Waals surface area contributed by atoms with E-state index >= 15 is 0 Å². The molecular formula is C20H15ClF3N3O2. The van der Waals surface area contributed by atoms with Crippen molar-refractivity contribution in [3.8, 4) is 11.3 Å². The molecule has 0 spiro atoms. The molecule has 3 aromatic rings. The second-order valence-corrected chi connectivity index (χ2v) is 7.21. The van der Waals surface area contributed by atoms with Crippen LogP contribution in [0.1, 0.15) is 18.2 Å². The van der Waals surface area contributed by atoms with E-state index < -0.39 is 23.5 Å². The smallest absolute Gasteiger partial charge is 0.322 e. The summed E-state index contributed by atoms with van der Waals surface area (Å²) >= 11 is 5.76. The molecule has 9 heteroatoms. The molecule has 5 nitrogen and oxygen atoms in total. The van der Waals surface area contributed by atoms with Gasteiger partial charge in [-0.3, -0.25) is 0 Å². The third-order valence-corrected chi connectivity index (χ3v) is 5.12. The number of urea groups is 1. The first-order chi connectivity index (χ1) is 13.8. The maximum Gasteiger partial charge on any atom is 0.322 e. The number of halogens is 4. The van der Waals surface area contributed by atoms with E-state index in [0.29, 0.717) is 23.4 Å². The third-order valence-electron chi connectivity index (χ3n) is 4.83. The highest BCUT2D eigenvalue weighted by Gasteiger charge is 2.33. The number of benzene rings is 2. The van der Waals surface area contributed by atoms with Crippen LogP contribution in [0.4, 0.5) is 23.7 Å². The number of nitrogens with one attached hydrogen (secondary N) is 1. The van der Waals surface area contributed by atoms with Crippen LogP contribution in [0.3, 0.4) is 0 Å². The van der Waals surface area contributed by atoms with Crippen molar-refractivity contribution >= 4 is 23.3 Å². The normalized spacial score (nSPS) is 15.9. The molecule has 4 rings (SSSR count). The lowest BCUT2D eigenvalue weighted by Gasteiger charge is -2.32. The summed E-state index contributed by atoms with van der Waals surface area (Å²) in [5, 5.41) is 6.56. The van der Waals surface area contributed by atoms with Gasteiger partial charge in [0.25, 0.3) is 0 Å². The summed E-state index contributed by atoms with van der Waals surface area (Å²) in [7, 11) is 0. The van der Waals surface area contributed by atoms with Gasteiger partial charge in [0.1, 0.15) is 17.5 Å². The van der Waals surface area contributed by atoms with Crippen LogP contribution in [-0.2, 0) is 13.0 Å². The maximum atomic E-state index is 14.2. The monoisotopic (exact) mass is 421 g/mol. The van der Waals surface area contributed by atoms with E-state index in [1.54, 1.807) is 0 Å². The van der Waals surface area contributed by atoms with E-state index in [9.17, 15) is 18.0 Å². The summed E-state index contributed by atoms with van der Waals surface area (Å²) in [6, 6.07) is 6.39. The highest BCUT2D eigenvalue weighted by molar-refractivity contribution is 6.31. The Labute approximate surface area is 169 Å². The van der Waals surface area contributed by atoms with E-state index in [2.05, 4.69) is 10.5 Å². The van der Waals surface area contributed by atoms with Gasteiger partial charge in [0.05, 0.1) is 22.8 Å². The van der Waals surface area contributed by atoms with Crippen molar-refractivity contribution in [3.63, 3.8) is 0 Å². The minimum absolute atomic E-state index is 0.0698. The molecule has 1 N–H and O–H groups in total. The summed E-state index contributed by atoms with van der Waals surface area (Å²) in [5.41, 5.74) is 1.58. The number of rotatable bonds is 2. The summed E-state index contributed by atoms with van der Waals surface area (Å²) < 4.78 is 46.1. The summed E-state index contributed by atoms with van der Waals surface area (Å²) in [4.78, 5) is 14.3. The second-order valence-electron chi connectivity index (χ2n) is 6.80. The molecule has 2 amide bonds. The lowest BCUT2D eigenvalue weighted by atomic mass is 9.97. The van der Waals surface area contributed by atoms with Gasteiger partial charge in [-0.05, 0) is 37.3 Å². The predicted molar refractivity (Wildman–Crippen MR) is 101 cm³/mol. The Kier molecular flexibility index (Phi) is 4.96. The Balaban J connectivity index is 1.61. The fraction of sp³-hybridized carbons (Fsp3) is 0.200. The van der Waals surface area contributed by atoms with Crippen LogP contribution in [0, 0.1) is 17.5 Å². The van der Waals surface area contributed by atoms with Gasteiger partial charge in [0, 0.05) is 29.8 Å². The van der Waals surface area contributed by atoms with E-state index in [-0.39, 0.29) is 28.9 Å². The lowest BCUT2D eigenvalue weighted by Crippen LogP contribution is -2.44. The average molecular weight is 422 g/mol. The van der Waals surface area contributed by atoms with Gasteiger partial charge < -0.3 is 14.7 Å². The maximum absolute atomic E-state index is 14.2. The fourth-order valence-electron chi connectivity index (χ4n) is 3.31. The van der Waals surface area contributed by atoms with Crippen molar-refractivity contribution in [2.75, 3.05) is 5.32 Å². The second kappa shape index (κ2) is 7.44. The number of carbonyl (C=O) groups is 1. The molecule has 150 valence electrons. The first kappa shape index (κ1) is 19.3. The van der Waals surface area contributed by atoms with Gasteiger partial charge in [0.2, 0.25) is 0 Å². The van der Waals surface area contributed by atoms with Crippen molar-refractivity contribution in [3.05, 3.63) is 70.1 Å². The Morgan fingerprint density at radius 3 is 2.72 bits per heavy atom. The van der Waals surface area contributed by atoms with Crippen LogP contribution >= 0.6 is 11.6 Å². The van der Waals surface area contributed by atoms with E-state index in [4.69, 9.17) is 16.1 Å². The molecule has 2 aromatic carbocycles. The Morgan fingerprint density at radius 2 is 2.00 bits per heavy atom. The molecule has 0 saturated carbocycles. The highest BCUT2D eigenvalue weighted by atomic mass is 35.5. The summed E-state index contributed by atoms with van der Waals surface area (Å²) in [6.45, 7) is 1.96. The topological polar surface area (TPSA) is 58.4 Å². The minimum Gasteiger partial charge on any atom is -0.356 e. The van der Waals surface area contributed by atoms with Gasteiger partial charge >= 0.3 is 6.03 Å². The molecule has 1 atom stereocenters. The Hall–Kier alpha value is -3.00. The average Bonchev–Trinajstić information content (AvgIpc) is 3.06. The molecule has 1 aliphatic rings. The molecule has 1 aromatic heterocycles. The van der Waals surface area contributed by atoms with Crippen LogP contribution in [0.2, 0.25) is 5.02 Å². The van der Waals surface area contributed by atoms with Crippen LogP contribution in [0.25, 0.3) is 11.3 Å². The molecule has 29 heavy (non-hydrogen) atoms. The lowest BCUT2D eigenvalue weighted by molar-refractivity contribution is 0.182. The fourth-order valence-corrected chi connectivity index (χ4v) is 3.49. The minimum atomic E-state index is -0.778. The summed E-state index contributed by atoms with van der Waals surface area (Å²) in [6.07, 6.45) is 0.402. The van der Waals surface area contributed by atoms with Crippen LogP contribution < -0.4 is 5.32 Å². The molecule has 1 unspecified atom stereocenters. The van der Waals surface area contributed by atoms with Crippen molar-refractivity contribution in [1.29, 1.82) is 0 Å². The van der Waals surface area contributed by atoms with Crippen LogP contribution in [0.5, 0.6) is 0 Å². The quantitative estimate of drug-likeness (QED) is 0.603. The first-order valence-corrected chi connectivity index (χ1v) is 9.17. The van der Waals surface area contributed by atoms with Gasteiger partial charge in [-0.1, -0.05) is 16.8 Å². The van der Waals surface area contributed by atoms with E-state index in [0.717, 1.165) is 18.2 Å². The predicted octanol–water partition coefficient (Wildman–Crippen LogP) is 5.39. The zero-order valence-corrected chi connectivity index (χ0v) is 15.9. The van der Waals surface area contributed by atoms with Gasteiger partial charge in [-0.2, -0.15) is 0 Å². The zero-order valence-electron chi connectivity index (χ0n) is 15.2. The largest absolute Gasteiger partial charge is 0.356 e. The number of fused-ring (bicyclic) bond motifs is 1. The number of anilines is 1. The number of hydrogen-bond donors (Lipinski definition) is 1. The molecule has 0 saturated heterocycles. The Morgan fingerprint density at radius 1 is 1.21 bits per heavy atom. The molecular weight excluding hydrogens is 407 g/mol. The molecule has 2 heterocycles. The molecule has 0 fully saturated rings. The van der Waals surface area contributed by atoms with Gasteiger partial charge in [0.15, 0.2) is 5.76 Å². The molecule has 0 aliphatic carbocycles. The Bertz CT molecular complexity index is 1100. The first-order valence-electron chi connectivity index (χ1n) is 8.79. The van der Waals surface area contributed by atoms with E-state index in [1.807, 2.05) is 6.92 Å². The number of carbonyl (C=O) groups excluding carboxylic acids is 1. The van der Waals surface area contributed by atoms with Crippen molar-refractivity contribution in [2.24, 2.45) is 0 Å². The molecule has 1 aliphatic heterocycles. The number of aromatic nitrogens is 1. The highest BCUT2D eigenvalue weighted by Crippen LogP contribution is 2.34. The molecule has 0 bridgehead atoms. The van der Waals surface area contributed by atoms with E-state index in [1.165, 1.54) is 23.1 Å². The van der Waals surface area contributed by atoms with Gasteiger partial charge in [-0.15, -0.1) is 0 Å². The van der Waals surface area contributed by atoms with Crippen molar-refractivity contribution in [1.82, 2.24) is 10.1 Å². The SMILES string of the molecule is CC1Cc2noc(-c3ccc(F)cc3F)c2CN1C(=O)Nc1ccc(F)c(Cl)c1. The standard InChI is InChI=1S/C20H15ClF3N3O2/c1-10-6-18-14(19(29-26-18)13-4-2-11(22)7-17(13)24)9-27(10)20(28)25-12-3-5-16(23)15(21)8-12/h2-5,7-8,10H,6,9H2,1H3,(H,25,28). The zero-order chi connectivity index (χ0) is 20.7. The van der Waals surface area contributed by atoms with Crippen LogP contribution in [-0.4, -0.2) is 22.1 Å². The number of hydrogen-bond acceptors (Lipinski definition) is 3. The van der Waals surface area contributed by atoms with Crippen molar-refractivity contribution < 1.29 is 22.5 Å².